The van der Waals surface area contributed by atoms with E-state index >= 15 is 0 Å². The number of fused-ring (bicyclic) bond motifs is 1. The summed E-state index contributed by atoms with van der Waals surface area (Å²) >= 11 is 0. The van der Waals surface area contributed by atoms with Gasteiger partial charge in [-0.2, -0.15) is 0 Å². The van der Waals surface area contributed by atoms with Crippen molar-refractivity contribution in [2.24, 2.45) is 5.92 Å². The van der Waals surface area contributed by atoms with Gasteiger partial charge in [-0.3, -0.25) is 4.79 Å². The van der Waals surface area contributed by atoms with E-state index in [1.165, 1.54) is 0 Å². The Morgan fingerprint density at radius 2 is 2.05 bits per heavy atom. The van der Waals surface area contributed by atoms with Gasteiger partial charge in [-0.1, -0.05) is 13.8 Å². The number of amides is 1. The summed E-state index contributed by atoms with van der Waals surface area (Å²) in [4.78, 5) is 11.8. The molecule has 1 atom stereocenters. The highest BCUT2D eigenvalue weighted by Gasteiger charge is 2.18. The van der Waals surface area contributed by atoms with Crippen molar-refractivity contribution in [1.82, 2.24) is 5.32 Å². The second-order valence-electron chi connectivity index (χ2n) is 4.91. The molecule has 1 N–H and O–H groups in total. The lowest BCUT2D eigenvalue weighted by atomic mass is 10.2. The van der Waals surface area contributed by atoms with Crippen molar-refractivity contribution in [3.63, 3.8) is 0 Å². The molecule has 19 heavy (non-hydrogen) atoms. The zero-order valence-electron chi connectivity index (χ0n) is 11.4. The number of rotatable bonds is 5. The van der Waals surface area contributed by atoms with Gasteiger partial charge in [-0.05, 0) is 25.0 Å². The molecule has 0 spiro atoms. The van der Waals surface area contributed by atoms with E-state index in [2.05, 4.69) is 5.32 Å². The van der Waals surface area contributed by atoms with E-state index in [1.54, 1.807) is 25.1 Å². The van der Waals surface area contributed by atoms with Crippen molar-refractivity contribution in [3.8, 4) is 17.2 Å². The van der Waals surface area contributed by atoms with Crippen LogP contribution in [0.25, 0.3) is 0 Å². The summed E-state index contributed by atoms with van der Waals surface area (Å²) in [5.41, 5.74) is 0. The Kier molecular flexibility index (Phi) is 4.14. The van der Waals surface area contributed by atoms with Gasteiger partial charge in [0.15, 0.2) is 17.6 Å². The van der Waals surface area contributed by atoms with Gasteiger partial charge in [0.1, 0.15) is 5.75 Å². The first-order valence-corrected chi connectivity index (χ1v) is 6.40. The van der Waals surface area contributed by atoms with Gasteiger partial charge < -0.3 is 19.5 Å². The lowest BCUT2D eigenvalue weighted by Gasteiger charge is -2.15. The maximum absolute atomic E-state index is 11.8. The molecule has 0 saturated carbocycles. The number of carbonyl (C=O) groups is 1. The third kappa shape index (κ3) is 3.53. The summed E-state index contributed by atoms with van der Waals surface area (Å²) in [5.74, 6) is 2.24. The topological polar surface area (TPSA) is 56.8 Å². The van der Waals surface area contributed by atoms with E-state index in [9.17, 15) is 4.79 Å². The number of benzene rings is 1. The lowest BCUT2D eigenvalue weighted by molar-refractivity contribution is -0.127. The Morgan fingerprint density at radius 1 is 1.32 bits per heavy atom. The molecule has 5 heteroatoms. The third-order valence-electron chi connectivity index (χ3n) is 2.71. The van der Waals surface area contributed by atoms with Crippen LogP contribution in [-0.2, 0) is 4.79 Å². The quantitative estimate of drug-likeness (QED) is 0.884. The molecule has 0 radical (unpaired) electrons. The Bertz CT molecular complexity index is 459. The van der Waals surface area contributed by atoms with Crippen molar-refractivity contribution in [2.45, 2.75) is 26.9 Å². The summed E-state index contributed by atoms with van der Waals surface area (Å²) < 4.78 is 16.1. The Labute approximate surface area is 112 Å². The minimum Gasteiger partial charge on any atom is -0.481 e. The van der Waals surface area contributed by atoms with Crippen LogP contribution < -0.4 is 19.5 Å². The average molecular weight is 265 g/mol. The fraction of sp³-hybridized carbons (Fsp3) is 0.500. The van der Waals surface area contributed by atoms with Crippen molar-refractivity contribution in [3.05, 3.63) is 18.2 Å². The molecule has 1 amide bonds. The fourth-order valence-electron chi connectivity index (χ4n) is 1.66. The third-order valence-corrected chi connectivity index (χ3v) is 2.71. The first-order chi connectivity index (χ1) is 9.06. The van der Waals surface area contributed by atoms with Crippen molar-refractivity contribution in [1.29, 1.82) is 0 Å². The molecule has 1 aromatic carbocycles. The molecule has 1 aliphatic heterocycles. The molecule has 5 nitrogen and oxygen atoms in total. The first kappa shape index (κ1) is 13.5. The predicted molar refractivity (Wildman–Crippen MR) is 70.5 cm³/mol. The molecule has 1 unspecified atom stereocenters. The molecular formula is C14H19NO4. The van der Waals surface area contributed by atoms with E-state index < -0.39 is 6.10 Å². The van der Waals surface area contributed by atoms with Crippen LogP contribution in [-0.4, -0.2) is 25.3 Å². The van der Waals surface area contributed by atoms with Crippen LogP contribution in [0.3, 0.4) is 0 Å². The van der Waals surface area contributed by atoms with Crippen LogP contribution in [0.15, 0.2) is 18.2 Å². The van der Waals surface area contributed by atoms with E-state index in [0.29, 0.717) is 29.7 Å². The highest BCUT2D eigenvalue weighted by atomic mass is 16.7. The predicted octanol–water partition coefficient (Wildman–Crippen LogP) is 1.95. The molecule has 0 saturated heterocycles. The van der Waals surface area contributed by atoms with E-state index in [1.807, 2.05) is 13.8 Å². The number of carbonyl (C=O) groups excluding carboxylic acids is 1. The minimum absolute atomic E-state index is 0.119. The fourth-order valence-corrected chi connectivity index (χ4v) is 1.66. The SMILES string of the molecule is CC(C)CNC(=O)C(C)Oc1ccc2c(c1)OCO2. The van der Waals surface area contributed by atoms with Crippen LogP contribution in [0.2, 0.25) is 0 Å². The molecule has 1 aromatic rings. The molecule has 2 rings (SSSR count). The number of ether oxygens (including phenoxy) is 3. The molecular weight excluding hydrogens is 246 g/mol. The van der Waals surface area contributed by atoms with Gasteiger partial charge in [0, 0.05) is 12.6 Å². The average Bonchev–Trinajstić information content (AvgIpc) is 2.83. The monoisotopic (exact) mass is 265 g/mol. The number of hydrogen-bond acceptors (Lipinski definition) is 4. The van der Waals surface area contributed by atoms with E-state index in [-0.39, 0.29) is 12.7 Å². The Hall–Kier alpha value is -1.91. The van der Waals surface area contributed by atoms with Crippen LogP contribution in [0.4, 0.5) is 0 Å². The summed E-state index contributed by atoms with van der Waals surface area (Å²) in [6.45, 7) is 6.68. The van der Waals surface area contributed by atoms with Gasteiger partial charge in [0.2, 0.25) is 6.79 Å². The maximum atomic E-state index is 11.8. The summed E-state index contributed by atoms with van der Waals surface area (Å²) in [5, 5.41) is 2.83. The zero-order chi connectivity index (χ0) is 13.8. The highest BCUT2D eigenvalue weighted by Crippen LogP contribution is 2.35. The highest BCUT2D eigenvalue weighted by molar-refractivity contribution is 5.80. The minimum atomic E-state index is -0.542. The summed E-state index contributed by atoms with van der Waals surface area (Å²) in [7, 11) is 0. The van der Waals surface area contributed by atoms with Gasteiger partial charge in [0.25, 0.3) is 5.91 Å². The molecule has 0 bridgehead atoms. The standard InChI is InChI=1S/C14H19NO4/c1-9(2)7-15-14(16)10(3)19-11-4-5-12-13(6-11)18-8-17-12/h4-6,9-10H,7-8H2,1-3H3,(H,15,16). The van der Waals surface area contributed by atoms with Gasteiger partial charge >= 0.3 is 0 Å². The molecule has 0 aliphatic carbocycles. The maximum Gasteiger partial charge on any atom is 0.260 e. The zero-order valence-corrected chi connectivity index (χ0v) is 11.4. The van der Waals surface area contributed by atoms with Crippen molar-refractivity contribution in [2.75, 3.05) is 13.3 Å². The second-order valence-corrected chi connectivity index (χ2v) is 4.91. The van der Waals surface area contributed by atoms with Gasteiger partial charge in [0.05, 0.1) is 0 Å². The molecule has 104 valence electrons. The molecule has 1 heterocycles. The van der Waals surface area contributed by atoms with Crippen LogP contribution >= 0.6 is 0 Å². The van der Waals surface area contributed by atoms with Gasteiger partial charge in [-0.25, -0.2) is 0 Å². The van der Waals surface area contributed by atoms with Gasteiger partial charge in [-0.15, -0.1) is 0 Å². The van der Waals surface area contributed by atoms with Crippen molar-refractivity contribution < 1.29 is 19.0 Å². The van der Waals surface area contributed by atoms with Crippen LogP contribution in [0, 0.1) is 5.92 Å². The Balaban J connectivity index is 1.91. The largest absolute Gasteiger partial charge is 0.481 e. The summed E-state index contributed by atoms with van der Waals surface area (Å²) in [6, 6.07) is 5.27. The smallest absolute Gasteiger partial charge is 0.260 e. The summed E-state index contributed by atoms with van der Waals surface area (Å²) in [6.07, 6.45) is -0.542. The lowest BCUT2D eigenvalue weighted by Crippen LogP contribution is -2.38. The molecule has 1 aliphatic rings. The number of nitrogens with one attached hydrogen (secondary N) is 1. The number of hydrogen-bond donors (Lipinski definition) is 1. The van der Waals surface area contributed by atoms with Crippen molar-refractivity contribution >= 4 is 5.91 Å². The molecule has 0 aromatic heterocycles. The second kappa shape index (κ2) is 5.82. The van der Waals surface area contributed by atoms with Crippen LogP contribution in [0.1, 0.15) is 20.8 Å². The Morgan fingerprint density at radius 3 is 2.79 bits per heavy atom. The van der Waals surface area contributed by atoms with E-state index in [4.69, 9.17) is 14.2 Å². The first-order valence-electron chi connectivity index (χ1n) is 6.40. The van der Waals surface area contributed by atoms with E-state index in [0.717, 1.165) is 0 Å². The van der Waals surface area contributed by atoms with Crippen LogP contribution in [0.5, 0.6) is 17.2 Å². The molecule has 0 fully saturated rings. The normalized spacial score (nSPS) is 14.3.